The number of aromatic amines is 1. The van der Waals surface area contributed by atoms with Crippen LogP contribution in [-0.2, 0) is 13.0 Å². The van der Waals surface area contributed by atoms with E-state index in [0.717, 1.165) is 24.1 Å². The highest BCUT2D eigenvalue weighted by atomic mass is 19.1. The number of H-pyrrole nitrogens is 1. The molecule has 5 rings (SSSR count). The highest BCUT2D eigenvalue weighted by molar-refractivity contribution is 5.95. The molecule has 1 fully saturated rings. The van der Waals surface area contributed by atoms with Gasteiger partial charge in [0, 0.05) is 18.5 Å². The van der Waals surface area contributed by atoms with Crippen molar-refractivity contribution in [3.05, 3.63) is 82.9 Å². The summed E-state index contributed by atoms with van der Waals surface area (Å²) in [6.45, 7) is 1.21. The Bertz CT molecular complexity index is 1310. The van der Waals surface area contributed by atoms with Crippen molar-refractivity contribution in [2.75, 3.05) is 20.6 Å². The smallest absolute Gasteiger partial charge is 0.254 e. The van der Waals surface area contributed by atoms with Crippen LogP contribution in [-0.4, -0.2) is 71.7 Å². The van der Waals surface area contributed by atoms with Crippen LogP contribution in [0.3, 0.4) is 0 Å². The minimum absolute atomic E-state index is 0.0820. The second kappa shape index (κ2) is 9.71. The number of hydrogen-bond donors (Lipinski definition) is 1. The van der Waals surface area contributed by atoms with Gasteiger partial charge < -0.3 is 9.80 Å². The van der Waals surface area contributed by atoms with Gasteiger partial charge in [0.1, 0.15) is 11.6 Å². The number of hydrogen-bond acceptors (Lipinski definition) is 7. The second-order valence-electron chi connectivity index (χ2n) is 8.90. The zero-order valence-electron chi connectivity index (χ0n) is 19.6. The lowest BCUT2D eigenvalue weighted by Crippen LogP contribution is -2.31. The van der Waals surface area contributed by atoms with E-state index >= 15 is 0 Å². The molecule has 2 aromatic carbocycles. The van der Waals surface area contributed by atoms with E-state index in [1.54, 1.807) is 22.9 Å². The van der Waals surface area contributed by atoms with Crippen LogP contribution in [0.1, 0.15) is 52.3 Å². The summed E-state index contributed by atoms with van der Waals surface area (Å²) in [6.07, 6.45) is 2.17. The van der Waals surface area contributed by atoms with Crippen molar-refractivity contribution < 1.29 is 9.18 Å². The van der Waals surface area contributed by atoms with Crippen molar-refractivity contribution in [1.82, 2.24) is 45.2 Å². The van der Waals surface area contributed by atoms with Gasteiger partial charge in [0.2, 0.25) is 0 Å². The van der Waals surface area contributed by atoms with Crippen molar-refractivity contribution >= 4 is 5.91 Å². The number of carbonyl (C=O) groups is 1. The molecule has 0 spiro atoms. The first-order valence-electron chi connectivity index (χ1n) is 11.5. The first kappa shape index (κ1) is 22.8. The molecule has 1 aliphatic rings. The van der Waals surface area contributed by atoms with E-state index in [0.29, 0.717) is 42.5 Å². The van der Waals surface area contributed by atoms with Gasteiger partial charge in [-0.15, -0.1) is 5.10 Å². The zero-order chi connectivity index (χ0) is 24.4. The molecule has 1 amide bonds. The summed E-state index contributed by atoms with van der Waals surface area (Å²) in [6, 6.07) is 13.4. The summed E-state index contributed by atoms with van der Waals surface area (Å²) in [5.41, 5.74) is 2.22. The van der Waals surface area contributed by atoms with Crippen LogP contribution < -0.4 is 0 Å². The molecule has 0 saturated carbocycles. The number of aromatic nitrogens is 7. The predicted molar refractivity (Wildman–Crippen MR) is 125 cm³/mol. The minimum Gasteiger partial charge on any atom is -0.328 e. The molecule has 0 bridgehead atoms. The van der Waals surface area contributed by atoms with Gasteiger partial charge in [-0.3, -0.25) is 9.89 Å². The topological polar surface area (TPSA) is 109 Å². The van der Waals surface area contributed by atoms with Crippen LogP contribution in [0.5, 0.6) is 0 Å². The SMILES string of the molecule is CN(C)Cc1nnnn1-c1cccc(C(=O)N2CCC[C@H]2c2n[nH]c(Cc3ccc(F)cc3)n2)c1. The second-order valence-corrected chi connectivity index (χ2v) is 8.90. The number of tetrazole rings is 1. The van der Waals surface area contributed by atoms with Gasteiger partial charge in [-0.1, -0.05) is 18.2 Å². The summed E-state index contributed by atoms with van der Waals surface area (Å²) < 4.78 is 14.8. The van der Waals surface area contributed by atoms with Crippen molar-refractivity contribution in [2.24, 2.45) is 0 Å². The van der Waals surface area contributed by atoms with Gasteiger partial charge in [0.15, 0.2) is 11.6 Å². The van der Waals surface area contributed by atoms with Gasteiger partial charge in [0.05, 0.1) is 18.3 Å². The number of carbonyl (C=O) groups excluding carboxylic acids is 1. The lowest BCUT2D eigenvalue weighted by atomic mass is 10.1. The van der Waals surface area contributed by atoms with Crippen molar-refractivity contribution in [2.45, 2.75) is 31.8 Å². The van der Waals surface area contributed by atoms with Crippen molar-refractivity contribution in [3.8, 4) is 5.69 Å². The average molecular weight is 476 g/mol. The molecular weight excluding hydrogens is 449 g/mol. The summed E-state index contributed by atoms with van der Waals surface area (Å²) in [5.74, 6) is 1.61. The van der Waals surface area contributed by atoms with Crippen LogP contribution in [0, 0.1) is 5.82 Å². The Labute approximate surface area is 201 Å². The molecule has 10 nitrogen and oxygen atoms in total. The van der Waals surface area contributed by atoms with E-state index in [9.17, 15) is 9.18 Å². The maximum absolute atomic E-state index is 13.5. The first-order valence-corrected chi connectivity index (χ1v) is 11.5. The number of nitrogens with zero attached hydrogens (tertiary/aromatic N) is 8. The molecule has 1 N–H and O–H groups in total. The monoisotopic (exact) mass is 475 g/mol. The van der Waals surface area contributed by atoms with Gasteiger partial charge in [-0.05, 0) is 73.3 Å². The molecule has 2 aromatic heterocycles. The molecular formula is C24H26FN9O. The molecule has 1 saturated heterocycles. The molecule has 0 radical (unpaired) electrons. The number of amides is 1. The summed E-state index contributed by atoms with van der Waals surface area (Å²) in [4.78, 5) is 21.9. The molecule has 180 valence electrons. The van der Waals surface area contributed by atoms with Gasteiger partial charge >= 0.3 is 0 Å². The van der Waals surface area contributed by atoms with Crippen LogP contribution in [0.4, 0.5) is 4.39 Å². The maximum Gasteiger partial charge on any atom is 0.254 e. The maximum atomic E-state index is 13.5. The quantitative estimate of drug-likeness (QED) is 0.438. The number of rotatable bonds is 7. The Kier molecular flexibility index (Phi) is 6.32. The molecule has 0 aliphatic carbocycles. The fourth-order valence-electron chi connectivity index (χ4n) is 4.34. The molecule has 11 heteroatoms. The Morgan fingerprint density at radius 1 is 1.20 bits per heavy atom. The lowest BCUT2D eigenvalue weighted by molar-refractivity contribution is 0.0730. The fraction of sp³-hybridized carbons (Fsp3) is 0.333. The van der Waals surface area contributed by atoms with Gasteiger partial charge in [-0.25, -0.2) is 9.37 Å². The minimum atomic E-state index is -0.273. The zero-order valence-corrected chi connectivity index (χ0v) is 19.6. The normalized spacial score (nSPS) is 15.8. The number of likely N-dealkylation sites (tertiary alicyclic amines) is 1. The summed E-state index contributed by atoms with van der Waals surface area (Å²) in [5, 5.41) is 19.4. The Morgan fingerprint density at radius 2 is 2.03 bits per heavy atom. The Morgan fingerprint density at radius 3 is 2.83 bits per heavy atom. The Balaban J connectivity index is 1.34. The van der Waals surface area contributed by atoms with E-state index in [1.807, 2.05) is 42.1 Å². The average Bonchev–Trinajstić information content (AvgIpc) is 3.61. The molecule has 35 heavy (non-hydrogen) atoms. The summed E-state index contributed by atoms with van der Waals surface area (Å²) in [7, 11) is 3.89. The number of halogens is 1. The van der Waals surface area contributed by atoms with Gasteiger partial charge in [0.25, 0.3) is 5.91 Å². The highest BCUT2D eigenvalue weighted by Crippen LogP contribution is 2.31. The van der Waals surface area contributed by atoms with E-state index in [1.165, 1.54) is 12.1 Å². The highest BCUT2D eigenvalue weighted by Gasteiger charge is 2.33. The molecule has 4 aromatic rings. The van der Waals surface area contributed by atoms with Crippen molar-refractivity contribution in [3.63, 3.8) is 0 Å². The first-order chi connectivity index (χ1) is 17.0. The van der Waals surface area contributed by atoms with Crippen LogP contribution >= 0.6 is 0 Å². The number of benzene rings is 2. The largest absolute Gasteiger partial charge is 0.328 e. The predicted octanol–water partition coefficient (Wildman–Crippen LogP) is 2.55. The third-order valence-electron chi connectivity index (χ3n) is 5.97. The third kappa shape index (κ3) is 4.94. The van der Waals surface area contributed by atoms with E-state index in [-0.39, 0.29) is 17.8 Å². The molecule has 3 heterocycles. The van der Waals surface area contributed by atoms with Crippen LogP contribution in [0.15, 0.2) is 48.5 Å². The molecule has 0 unspecified atom stereocenters. The van der Waals surface area contributed by atoms with Crippen molar-refractivity contribution in [1.29, 1.82) is 0 Å². The number of nitrogens with one attached hydrogen (secondary N) is 1. The fourth-order valence-corrected chi connectivity index (χ4v) is 4.34. The van der Waals surface area contributed by atoms with E-state index in [4.69, 9.17) is 0 Å². The third-order valence-corrected chi connectivity index (χ3v) is 5.97. The molecule has 1 aliphatic heterocycles. The van der Waals surface area contributed by atoms with Gasteiger partial charge in [-0.2, -0.15) is 9.78 Å². The standard InChI is InChI=1S/C24H26FN9O/c1-32(2)15-22-28-30-31-34(22)19-6-3-5-17(14-19)24(35)33-12-4-7-20(33)23-26-21(27-29-23)13-16-8-10-18(25)11-9-16/h3,5-6,8-11,14,20H,4,7,12-13,15H2,1-2H3,(H,26,27,29)/t20-/m0/s1. The van der Waals surface area contributed by atoms with E-state index in [2.05, 4.69) is 30.7 Å². The molecule has 1 atom stereocenters. The summed E-state index contributed by atoms with van der Waals surface area (Å²) >= 11 is 0. The lowest BCUT2D eigenvalue weighted by Gasteiger charge is -2.23. The van der Waals surface area contributed by atoms with E-state index < -0.39 is 0 Å². The van der Waals surface area contributed by atoms with Crippen LogP contribution in [0.25, 0.3) is 5.69 Å². The Hall–Kier alpha value is -3.99. The van der Waals surface area contributed by atoms with Crippen LogP contribution in [0.2, 0.25) is 0 Å².